The Hall–Kier alpha value is -8.47. The average Bonchev–Trinajstić information content (AvgIpc) is 4.05. The first-order valence-electron chi connectivity index (χ1n) is 24.1. The van der Waals surface area contributed by atoms with Crippen LogP contribution in [0.4, 0.5) is 17.1 Å². The highest BCUT2D eigenvalue weighted by Crippen LogP contribution is 2.53. The lowest BCUT2D eigenvalue weighted by atomic mass is 9.82. The molecule has 328 valence electrons. The van der Waals surface area contributed by atoms with Crippen LogP contribution < -0.4 is 4.90 Å². The summed E-state index contributed by atoms with van der Waals surface area (Å²) in [7, 11) is 0. The summed E-state index contributed by atoms with van der Waals surface area (Å²) < 4.78 is 4.67. The van der Waals surface area contributed by atoms with E-state index in [1.165, 1.54) is 66.1 Å². The monoisotopic (exact) mass is 884 g/mol. The molecule has 0 amide bonds. The van der Waals surface area contributed by atoms with E-state index in [9.17, 15) is 0 Å². The van der Waals surface area contributed by atoms with E-state index in [4.69, 9.17) is 4.98 Å². The zero-order valence-electron chi connectivity index (χ0n) is 39.1. The van der Waals surface area contributed by atoms with Gasteiger partial charge in [0, 0.05) is 49.4 Å². The first kappa shape index (κ1) is 39.7. The predicted molar refractivity (Wildman–Crippen MR) is 288 cm³/mol. The van der Waals surface area contributed by atoms with E-state index < -0.39 is 0 Å². The highest BCUT2D eigenvalue weighted by Gasteiger charge is 2.37. The van der Waals surface area contributed by atoms with Crippen molar-refractivity contribution in [1.82, 2.24) is 14.1 Å². The molecule has 0 saturated carbocycles. The van der Waals surface area contributed by atoms with Crippen LogP contribution in [0.2, 0.25) is 0 Å². The molecule has 0 bridgehead atoms. The van der Waals surface area contributed by atoms with Crippen LogP contribution in [-0.2, 0) is 10.8 Å². The summed E-state index contributed by atoms with van der Waals surface area (Å²) >= 11 is 0. The van der Waals surface area contributed by atoms with Crippen LogP contribution in [-0.4, -0.2) is 14.1 Å². The number of hydrogen-bond acceptors (Lipinski definition) is 2. The van der Waals surface area contributed by atoms with Crippen molar-refractivity contribution >= 4 is 60.7 Å². The van der Waals surface area contributed by atoms with Crippen molar-refractivity contribution in [3.05, 3.63) is 241 Å². The van der Waals surface area contributed by atoms with Crippen molar-refractivity contribution in [2.24, 2.45) is 0 Å². The molecule has 0 saturated heterocycles. The van der Waals surface area contributed by atoms with Crippen LogP contribution in [0.25, 0.3) is 88.6 Å². The van der Waals surface area contributed by atoms with Gasteiger partial charge in [0.15, 0.2) is 0 Å². The van der Waals surface area contributed by atoms with E-state index in [1.807, 2.05) is 0 Å². The van der Waals surface area contributed by atoms with E-state index in [0.717, 1.165) is 61.9 Å². The van der Waals surface area contributed by atoms with E-state index in [0.29, 0.717) is 0 Å². The Bertz CT molecular complexity index is 3740. The van der Waals surface area contributed by atoms with Crippen LogP contribution in [0.5, 0.6) is 0 Å². The number of aromatic nitrogens is 3. The number of rotatable bonds is 6. The van der Waals surface area contributed by atoms with E-state index >= 15 is 0 Å². The molecular weight excluding hydrogens is 837 g/mol. The van der Waals surface area contributed by atoms with Gasteiger partial charge < -0.3 is 4.90 Å². The number of hydrogen-bond donors (Lipinski definition) is 0. The Balaban J connectivity index is 0.968. The van der Waals surface area contributed by atoms with Crippen molar-refractivity contribution in [3.8, 4) is 45.0 Å². The molecule has 3 aromatic heterocycles. The Kier molecular flexibility index (Phi) is 8.35. The second-order valence-electron chi connectivity index (χ2n) is 20.0. The van der Waals surface area contributed by atoms with E-state index in [2.05, 4.69) is 260 Å². The third-order valence-corrected chi connectivity index (χ3v) is 15.5. The van der Waals surface area contributed by atoms with Crippen LogP contribution in [0.1, 0.15) is 49.9 Å². The summed E-state index contributed by atoms with van der Waals surface area (Å²) in [5, 5.41) is 4.83. The summed E-state index contributed by atoms with van der Waals surface area (Å²) in [5.41, 5.74) is 20.6. The quantitative estimate of drug-likeness (QED) is 0.166. The van der Waals surface area contributed by atoms with Gasteiger partial charge in [-0.05, 0) is 128 Å². The van der Waals surface area contributed by atoms with E-state index in [-0.39, 0.29) is 10.8 Å². The molecule has 0 unspecified atom stereocenters. The summed E-state index contributed by atoms with van der Waals surface area (Å²) in [6, 6.07) is 80.5. The molecule has 0 atom stereocenters. The number of nitrogens with zero attached hydrogens (tertiary/aromatic N) is 4. The average molecular weight is 885 g/mol. The second kappa shape index (κ2) is 14.5. The molecule has 0 radical (unpaired) electrons. The maximum Gasteiger partial charge on any atom is 0.140 e. The van der Waals surface area contributed by atoms with Gasteiger partial charge in [0.2, 0.25) is 0 Å². The molecule has 14 rings (SSSR count). The van der Waals surface area contributed by atoms with E-state index in [1.54, 1.807) is 0 Å². The summed E-state index contributed by atoms with van der Waals surface area (Å²) in [4.78, 5) is 8.05. The molecule has 2 aliphatic carbocycles. The zero-order chi connectivity index (χ0) is 46.2. The molecule has 4 nitrogen and oxygen atoms in total. The summed E-state index contributed by atoms with van der Waals surface area (Å²) in [6.07, 6.45) is 0. The standard InChI is InChI=1S/C65H48N4/c1-64(2)54-23-11-5-17-46(54)52-39-44(33-35-56(52)64)67(45-34-36-57-53(40-45)47-18-6-12-24-55(47)65(57,3)4)43-31-29-41(30-32-43)42-37-62(68-58-25-13-7-19-48(58)49-20-8-14-26-59(49)68)66-63(38-42)69-60-27-15-9-21-50(60)51-22-10-16-28-61(51)69/h5-40H,1-4H3. The van der Waals surface area contributed by atoms with Gasteiger partial charge in [0.05, 0.1) is 22.1 Å². The lowest BCUT2D eigenvalue weighted by Gasteiger charge is -2.28. The summed E-state index contributed by atoms with van der Waals surface area (Å²) in [5.74, 6) is 1.74. The zero-order valence-corrected chi connectivity index (χ0v) is 39.1. The third kappa shape index (κ3) is 5.72. The molecule has 0 spiro atoms. The van der Waals surface area contributed by atoms with Gasteiger partial charge in [0.1, 0.15) is 11.6 Å². The molecule has 0 aliphatic heterocycles. The van der Waals surface area contributed by atoms with Crippen LogP contribution >= 0.6 is 0 Å². The summed E-state index contributed by atoms with van der Waals surface area (Å²) in [6.45, 7) is 9.41. The fraction of sp³-hybridized carbons (Fsp3) is 0.0923. The predicted octanol–water partition coefficient (Wildman–Crippen LogP) is 17.0. The number of fused-ring (bicyclic) bond motifs is 12. The van der Waals surface area contributed by atoms with Gasteiger partial charge in [-0.3, -0.25) is 9.13 Å². The molecule has 4 heteroatoms. The van der Waals surface area contributed by atoms with Crippen molar-refractivity contribution in [3.63, 3.8) is 0 Å². The van der Waals surface area contributed by atoms with Gasteiger partial charge >= 0.3 is 0 Å². The molecule has 0 N–H and O–H groups in total. The molecule has 12 aromatic rings. The molecule has 0 fully saturated rings. The number of benzene rings is 9. The van der Waals surface area contributed by atoms with Crippen molar-refractivity contribution in [2.45, 2.75) is 38.5 Å². The Morgan fingerprint density at radius 2 is 0.667 bits per heavy atom. The Morgan fingerprint density at radius 1 is 0.319 bits per heavy atom. The minimum Gasteiger partial charge on any atom is -0.310 e. The third-order valence-electron chi connectivity index (χ3n) is 15.5. The Labute approximate surface area is 402 Å². The van der Waals surface area contributed by atoms with Gasteiger partial charge in [-0.25, -0.2) is 4.98 Å². The minimum atomic E-state index is -0.0828. The maximum atomic E-state index is 5.60. The second-order valence-corrected chi connectivity index (χ2v) is 20.0. The fourth-order valence-corrected chi connectivity index (χ4v) is 12.2. The fourth-order valence-electron chi connectivity index (χ4n) is 12.2. The molecule has 9 aromatic carbocycles. The topological polar surface area (TPSA) is 26.0 Å². The number of para-hydroxylation sites is 4. The lowest BCUT2D eigenvalue weighted by Crippen LogP contribution is -2.16. The SMILES string of the molecule is CC1(C)c2ccccc2-c2cc(N(c3ccc(-c4cc(-n5c6ccccc6c6ccccc65)nc(-n5c6ccccc6c6ccccc65)c4)cc3)c3ccc4c(c3)-c3ccccc3C4(C)C)ccc21. The smallest absolute Gasteiger partial charge is 0.140 e. The normalized spacial score (nSPS) is 14.0. The first-order valence-corrected chi connectivity index (χ1v) is 24.1. The molecule has 3 heterocycles. The molecular formula is C65H48N4. The van der Waals surface area contributed by atoms with Gasteiger partial charge in [-0.1, -0.05) is 173 Å². The maximum absolute atomic E-state index is 5.60. The van der Waals surface area contributed by atoms with Crippen molar-refractivity contribution < 1.29 is 0 Å². The minimum absolute atomic E-state index is 0.0828. The van der Waals surface area contributed by atoms with Crippen LogP contribution in [0, 0.1) is 0 Å². The highest BCUT2D eigenvalue weighted by atomic mass is 15.1. The van der Waals surface area contributed by atoms with Crippen LogP contribution in [0.3, 0.4) is 0 Å². The van der Waals surface area contributed by atoms with Gasteiger partial charge in [-0.15, -0.1) is 0 Å². The largest absolute Gasteiger partial charge is 0.310 e. The van der Waals surface area contributed by atoms with Gasteiger partial charge in [0.25, 0.3) is 0 Å². The first-order chi connectivity index (χ1) is 33.7. The lowest BCUT2D eigenvalue weighted by molar-refractivity contribution is 0.660. The van der Waals surface area contributed by atoms with Gasteiger partial charge in [-0.2, -0.15) is 0 Å². The molecule has 69 heavy (non-hydrogen) atoms. The van der Waals surface area contributed by atoms with Crippen molar-refractivity contribution in [2.75, 3.05) is 4.90 Å². The number of anilines is 3. The Morgan fingerprint density at radius 3 is 1.09 bits per heavy atom. The highest BCUT2D eigenvalue weighted by molar-refractivity contribution is 6.10. The molecule has 2 aliphatic rings. The number of pyridine rings is 1. The van der Waals surface area contributed by atoms with Crippen LogP contribution in [0.15, 0.2) is 218 Å². The van der Waals surface area contributed by atoms with Crippen molar-refractivity contribution in [1.29, 1.82) is 0 Å².